The van der Waals surface area contributed by atoms with E-state index < -0.39 is 41.1 Å². The van der Waals surface area contributed by atoms with Gasteiger partial charge in [0, 0.05) is 6.20 Å². The van der Waals surface area contributed by atoms with Crippen molar-refractivity contribution in [1.82, 2.24) is 20.4 Å². The van der Waals surface area contributed by atoms with E-state index in [1.807, 2.05) is 30.3 Å². The molecule has 0 aliphatic rings. The Bertz CT molecular complexity index is 1540. The van der Waals surface area contributed by atoms with Gasteiger partial charge in [0.15, 0.2) is 0 Å². The normalized spacial score (nSPS) is 12.4. The quantitative estimate of drug-likeness (QED) is 0.170. The highest BCUT2D eigenvalue weighted by Crippen LogP contribution is 2.21. The zero-order valence-corrected chi connectivity index (χ0v) is 27.8. The van der Waals surface area contributed by atoms with E-state index in [4.69, 9.17) is 18.9 Å². The molecule has 0 fully saturated rings. The lowest BCUT2D eigenvalue weighted by Gasteiger charge is -2.29. The fourth-order valence-electron chi connectivity index (χ4n) is 4.07. The third-order valence-electron chi connectivity index (χ3n) is 6.43. The Morgan fingerprint density at radius 3 is 2.28 bits per heavy atom. The van der Waals surface area contributed by atoms with Gasteiger partial charge in [-0.1, -0.05) is 42.5 Å². The SMILES string of the molecule is CCOC(=O)/C(=C\n1cc(NC(=O)[C@@H](COCc2ccccc2)NC(=O)C(C)(C)NC(=O)OC(C)(C)C)cn1)c1ccc(OC)cc1. The van der Waals surface area contributed by atoms with Gasteiger partial charge in [0.1, 0.15) is 22.9 Å². The van der Waals surface area contributed by atoms with E-state index in [1.165, 1.54) is 37.1 Å². The molecule has 3 rings (SSSR count). The first-order chi connectivity index (χ1) is 22.2. The third kappa shape index (κ3) is 11.6. The second-order valence-electron chi connectivity index (χ2n) is 12.0. The molecule has 0 saturated carbocycles. The number of hydrogen-bond donors (Lipinski definition) is 3. The molecule has 0 bridgehead atoms. The summed E-state index contributed by atoms with van der Waals surface area (Å²) in [6.07, 6.45) is 3.58. The number of carbonyl (C=O) groups is 4. The molecule has 1 atom stereocenters. The molecule has 0 radical (unpaired) electrons. The Hall–Kier alpha value is -5.17. The van der Waals surface area contributed by atoms with Crippen molar-refractivity contribution in [1.29, 1.82) is 0 Å². The molecule has 0 unspecified atom stereocenters. The highest BCUT2D eigenvalue weighted by molar-refractivity contribution is 6.20. The van der Waals surface area contributed by atoms with Gasteiger partial charge in [-0.15, -0.1) is 0 Å². The zero-order valence-electron chi connectivity index (χ0n) is 27.8. The number of methoxy groups -OCH3 is 1. The maximum Gasteiger partial charge on any atom is 0.408 e. The molecule has 252 valence electrons. The molecular weight excluding hydrogens is 606 g/mol. The molecule has 47 heavy (non-hydrogen) atoms. The number of nitrogens with one attached hydrogen (secondary N) is 3. The van der Waals surface area contributed by atoms with Gasteiger partial charge < -0.3 is 34.9 Å². The first-order valence-corrected chi connectivity index (χ1v) is 15.0. The topological polar surface area (TPSA) is 159 Å². The zero-order chi connectivity index (χ0) is 34.6. The largest absolute Gasteiger partial charge is 0.497 e. The fourth-order valence-corrected chi connectivity index (χ4v) is 4.07. The van der Waals surface area contributed by atoms with Crippen LogP contribution in [0.25, 0.3) is 11.8 Å². The van der Waals surface area contributed by atoms with E-state index in [9.17, 15) is 19.2 Å². The summed E-state index contributed by atoms with van der Waals surface area (Å²) in [4.78, 5) is 51.9. The molecule has 2 aromatic carbocycles. The molecule has 1 aromatic heterocycles. The number of nitrogens with zero attached hydrogens (tertiary/aromatic N) is 2. The number of carbonyl (C=O) groups excluding carboxylic acids is 4. The van der Waals surface area contributed by atoms with Gasteiger partial charge >= 0.3 is 12.1 Å². The van der Waals surface area contributed by atoms with Crippen molar-refractivity contribution in [3.8, 4) is 5.75 Å². The Morgan fingerprint density at radius 2 is 1.66 bits per heavy atom. The maximum absolute atomic E-state index is 13.5. The number of rotatable bonds is 14. The molecule has 3 aromatic rings. The molecule has 1 heterocycles. The summed E-state index contributed by atoms with van der Waals surface area (Å²) < 4.78 is 22.9. The standard InChI is InChI=1S/C34H43N5O8/c1-8-46-30(41)27(24-14-16-26(44-7)17-15-24)20-39-19-25(18-35-39)36-29(40)28(22-45-21-23-12-10-9-11-13-23)37-31(42)34(5,6)38-32(43)47-33(2,3)4/h9-20,28H,8,21-22H2,1-7H3,(H,36,40)(H,37,42)(H,38,43)/b27-20-/t28-/m1/s1. The second-order valence-corrected chi connectivity index (χ2v) is 12.0. The number of esters is 1. The molecule has 0 aliphatic heterocycles. The molecule has 0 aliphatic carbocycles. The van der Waals surface area contributed by atoms with Gasteiger partial charge in [-0.25, -0.2) is 14.3 Å². The van der Waals surface area contributed by atoms with Gasteiger partial charge in [-0.05, 0) is 64.8 Å². The Labute approximate surface area is 274 Å². The van der Waals surface area contributed by atoms with Gasteiger partial charge in [0.05, 0.1) is 50.6 Å². The number of amides is 3. The van der Waals surface area contributed by atoms with Crippen molar-refractivity contribution in [3.05, 3.63) is 78.1 Å². The first kappa shape index (κ1) is 36.3. The lowest BCUT2D eigenvalue weighted by Crippen LogP contribution is -2.59. The minimum absolute atomic E-state index is 0.173. The molecular formula is C34H43N5O8. The summed E-state index contributed by atoms with van der Waals surface area (Å²) in [6.45, 7) is 10.0. The van der Waals surface area contributed by atoms with Crippen LogP contribution in [-0.4, -0.2) is 71.2 Å². The van der Waals surface area contributed by atoms with Gasteiger partial charge in [-0.2, -0.15) is 5.10 Å². The van der Waals surface area contributed by atoms with E-state index >= 15 is 0 Å². The van der Waals surface area contributed by atoms with E-state index in [2.05, 4.69) is 21.0 Å². The molecule has 3 amide bonds. The molecule has 3 N–H and O–H groups in total. The highest BCUT2D eigenvalue weighted by Gasteiger charge is 2.34. The highest BCUT2D eigenvalue weighted by atomic mass is 16.6. The molecule has 13 heteroatoms. The number of ether oxygens (including phenoxy) is 4. The van der Waals surface area contributed by atoms with Crippen molar-refractivity contribution in [3.63, 3.8) is 0 Å². The number of aromatic nitrogens is 2. The number of anilines is 1. The predicted molar refractivity (Wildman–Crippen MR) is 176 cm³/mol. The Morgan fingerprint density at radius 1 is 0.979 bits per heavy atom. The van der Waals surface area contributed by atoms with Crippen molar-refractivity contribution < 1.29 is 38.1 Å². The second kappa shape index (κ2) is 16.4. The molecule has 0 saturated heterocycles. The summed E-state index contributed by atoms with van der Waals surface area (Å²) >= 11 is 0. The van der Waals surface area contributed by atoms with Crippen LogP contribution in [0.4, 0.5) is 10.5 Å². The van der Waals surface area contributed by atoms with E-state index in [-0.39, 0.29) is 31.1 Å². The fraction of sp³-hybridized carbons (Fsp3) is 0.382. The van der Waals surface area contributed by atoms with Crippen LogP contribution < -0.4 is 20.7 Å². The van der Waals surface area contributed by atoms with Gasteiger partial charge in [-0.3, -0.25) is 9.59 Å². The van der Waals surface area contributed by atoms with Crippen LogP contribution in [-0.2, 0) is 35.2 Å². The van der Waals surface area contributed by atoms with Crippen LogP contribution in [0.15, 0.2) is 67.0 Å². The summed E-state index contributed by atoms with van der Waals surface area (Å²) in [5, 5.41) is 12.2. The lowest BCUT2D eigenvalue weighted by atomic mass is 10.0. The maximum atomic E-state index is 13.5. The molecule has 0 spiro atoms. The Kier molecular flexibility index (Phi) is 12.7. The lowest BCUT2D eigenvalue weighted by molar-refractivity contribution is -0.136. The minimum Gasteiger partial charge on any atom is -0.497 e. The number of alkyl carbamates (subject to hydrolysis) is 1. The summed E-state index contributed by atoms with van der Waals surface area (Å²) in [5.41, 5.74) is -0.220. The van der Waals surface area contributed by atoms with Crippen molar-refractivity contribution in [2.75, 3.05) is 25.6 Å². The van der Waals surface area contributed by atoms with Crippen LogP contribution in [0.1, 0.15) is 52.7 Å². The van der Waals surface area contributed by atoms with Crippen LogP contribution >= 0.6 is 0 Å². The van der Waals surface area contributed by atoms with Gasteiger partial charge in [0.25, 0.3) is 0 Å². The van der Waals surface area contributed by atoms with Crippen molar-refractivity contribution >= 4 is 41.3 Å². The van der Waals surface area contributed by atoms with Gasteiger partial charge in [0.2, 0.25) is 11.8 Å². The summed E-state index contributed by atoms with van der Waals surface area (Å²) in [7, 11) is 1.55. The minimum atomic E-state index is -1.43. The van der Waals surface area contributed by atoms with Crippen LogP contribution in [0.3, 0.4) is 0 Å². The average Bonchev–Trinajstić information content (AvgIpc) is 3.45. The first-order valence-electron chi connectivity index (χ1n) is 15.0. The van der Waals surface area contributed by atoms with E-state index in [0.717, 1.165) is 5.56 Å². The third-order valence-corrected chi connectivity index (χ3v) is 6.43. The number of benzene rings is 2. The predicted octanol–water partition coefficient (Wildman–Crippen LogP) is 4.40. The Balaban J connectivity index is 1.79. The summed E-state index contributed by atoms with van der Waals surface area (Å²) in [5.74, 6) is -1.16. The summed E-state index contributed by atoms with van der Waals surface area (Å²) in [6, 6.07) is 15.1. The van der Waals surface area contributed by atoms with Crippen LogP contribution in [0.5, 0.6) is 5.75 Å². The van der Waals surface area contributed by atoms with E-state index in [0.29, 0.717) is 11.3 Å². The average molecular weight is 650 g/mol. The monoisotopic (exact) mass is 649 g/mol. The van der Waals surface area contributed by atoms with Crippen molar-refractivity contribution in [2.45, 2.75) is 65.3 Å². The number of hydrogen-bond acceptors (Lipinski definition) is 9. The van der Waals surface area contributed by atoms with Crippen LogP contribution in [0, 0.1) is 0 Å². The van der Waals surface area contributed by atoms with E-state index in [1.54, 1.807) is 59.1 Å². The van der Waals surface area contributed by atoms with Crippen molar-refractivity contribution in [2.24, 2.45) is 0 Å². The molecule has 13 nitrogen and oxygen atoms in total. The van der Waals surface area contributed by atoms with Crippen LogP contribution in [0.2, 0.25) is 0 Å². The smallest absolute Gasteiger partial charge is 0.408 e.